The zero-order valence-electron chi connectivity index (χ0n) is 9.79. The normalized spacial score (nSPS) is 20.6. The van der Waals surface area contributed by atoms with Gasteiger partial charge in [0.1, 0.15) is 0 Å². The van der Waals surface area contributed by atoms with Gasteiger partial charge in [-0.1, -0.05) is 29.7 Å². The fourth-order valence-electron chi connectivity index (χ4n) is 2.15. The van der Waals surface area contributed by atoms with E-state index in [9.17, 15) is 0 Å². The molecule has 2 heteroatoms. The molecule has 0 saturated heterocycles. The fraction of sp³-hybridized carbons (Fsp3) is 0.429. The summed E-state index contributed by atoms with van der Waals surface area (Å²) < 4.78 is 0. The molecule has 0 spiro atoms. The molecule has 16 heavy (non-hydrogen) atoms. The molecule has 0 heterocycles. The van der Waals surface area contributed by atoms with Gasteiger partial charge in [0.15, 0.2) is 0 Å². The van der Waals surface area contributed by atoms with Crippen LogP contribution in [0.2, 0.25) is 5.02 Å². The molecule has 0 fully saturated rings. The van der Waals surface area contributed by atoms with Crippen molar-refractivity contribution in [3.05, 3.63) is 40.4 Å². The number of hydrogen-bond acceptors (Lipinski definition) is 1. The second-order valence-electron chi connectivity index (χ2n) is 4.49. The zero-order chi connectivity index (χ0) is 11.5. The Morgan fingerprint density at radius 1 is 1.31 bits per heavy atom. The summed E-state index contributed by atoms with van der Waals surface area (Å²) in [6.07, 6.45) is 2.63. The van der Waals surface area contributed by atoms with Gasteiger partial charge < -0.3 is 0 Å². The molecule has 0 saturated carbocycles. The largest absolute Gasteiger partial charge is 0.122 e. The second kappa shape index (κ2) is 5.29. The van der Waals surface area contributed by atoms with E-state index in [0.29, 0.717) is 0 Å². The Morgan fingerprint density at radius 2 is 2.00 bits per heavy atom. The summed E-state index contributed by atoms with van der Waals surface area (Å²) in [4.78, 5) is 1.31. The van der Waals surface area contributed by atoms with E-state index in [1.807, 2.05) is 23.9 Å². The maximum absolute atomic E-state index is 5.87. The van der Waals surface area contributed by atoms with Crippen LogP contribution in [-0.4, -0.2) is 5.75 Å². The number of thioether (sulfide) groups is 1. The molecule has 0 bridgehead atoms. The van der Waals surface area contributed by atoms with Crippen molar-refractivity contribution in [3.63, 3.8) is 0 Å². The van der Waals surface area contributed by atoms with E-state index in [4.69, 9.17) is 11.6 Å². The average molecular weight is 253 g/mol. The molecular formula is C14H17ClS. The lowest BCUT2D eigenvalue weighted by Crippen LogP contribution is -1.96. The molecular weight excluding hydrogens is 236 g/mol. The third-order valence-electron chi connectivity index (χ3n) is 3.30. The molecule has 0 amide bonds. The van der Waals surface area contributed by atoms with E-state index >= 15 is 0 Å². The van der Waals surface area contributed by atoms with Crippen LogP contribution in [0.5, 0.6) is 0 Å². The molecule has 2 rings (SSSR count). The Bertz CT molecular complexity index is 392. The SMILES string of the molecule is CC1=C(CSc2ccc(Cl)cc2)C(C)CC1. The Balaban J connectivity index is 1.97. The molecule has 1 atom stereocenters. The van der Waals surface area contributed by atoms with Crippen molar-refractivity contribution in [1.29, 1.82) is 0 Å². The smallest absolute Gasteiger partial charge is 0.0406 e. The minimum absolute atomic E-state index is 0.778. The third kappa shape index (κ3) is 2.83. The minimum Gasteiger partial charge on any atom is -0.122 e. The van der Waals surface area contributed by atoms with Crippen molar-refractivity contribution >= 4 is 23.4 Å². The summed E-state index contributed by atoms with van der Waals surface area (Å²) in [5, 5.41) is 0.814. The number of halogens is 1. The quantitative estimate of drug-likeness (QED) is 0.528. The molecule has 0 aromatic heterocycles. The second-order valence-corrected chi connectivity index (χ2v) is 5.97. The summed E-state index contributed by atoms with van der Waals surface area (Å²) in [6, 6.07) is 8.12. The van der Waals surface area contributed by atoms with Crippen molar-refractivity contribution < 1.29 is 0 Å². The first-order valence-electron chi connectivity index (χ1n) is 5.73. The van der Waals surface area contributed by atoms with E-state index in [0.717, 1.165) is 16.7 Å². The van der Waals surface area contributed by atoms with Gasteiger partial charge in [-0.05, 0) is 49.9 Å². The summed E-state index contributed by atoms with van der Waals surface area (Å²) in [5.74, 6) is 1.91. The number of allylic oxidation sites excluding steroid dienone is 1. The first-order valence-corrected chi connectivity index (χ1v) is 7.10. The number of benzene rings is 1. The van der Waals surface area contributed by atoms with Gasteiger partial charge in [-0.3, -0.25) is 0 Å². The molecule has 0 nitrogen and oxygen atoms in total. The minimum atomic E-state index is 0.778. The summed E-state index contributed by atoms with van der Waals surface area (Å²) in [7, 11) is 0. The monoisotopic (exact) mass is 252 g/mol. The van der Waals surface area contributed by atoms with E-state index in [2.05, 4.69) is 26.0 Å². The Hall–Kier alpha value is -0.400. The molecule has 1 unspecified atom stereocenters. The maximum Gasteiger partial charge on any atom is 0.0406 e. The van der Waals surface area contributed by atoms with Crippen LogP contribution in [0, 0.1) is 5.92 Å². The van der Waals surface area contributed by atoms with Crippen LogP contribution < -0.4 is 0 Å². The van der Waals surface area contributed by atoms with Crippen LogP contribution >= 0.6 is 23.4 Å². The molecule has 0 aliphatic heterocycles. The molecule has 1 aliphatic carbocycles. The van der Waals surface area contributed by atoms with Crippen LogP contribution in [0.25, 0.3) is 0 Å². The zero-order valence-corrected chi connectivity index (χ0v) is 11.4. The third-order valence-corrected chi connectivity index (χ3v) is 4.62. The van der Waals surface area contributed by atoms with Gasteiger partial charge in [0.2, 0.25) is 0 Å². The van der Waals surface area contributed by atoms with Gasteiger partial charge in [-0.25, -0.2) is 0 Å². The van der Waals surface area contributed by atoms with Crippen LogP contribution in [0.15, 0.2) is 40.3 Å². The molecule has 1 aromatic carbocycles. The van der Waals surface area contributed by atoms with E-state index in [-0.39, 0.29) is 0 Å². The highest BCUT2D eigenvalue weighted by Crippen LogP contribution is 2.35. The molecule has 1 aromatic rings. The summed E-state index contributed by atoms with van der Waals surface area (Å²) in [5.41, 5.74) is 3.26. The molecule has 0 N–H and O–H groups in total. The lowest BCUT2D eigenvalue weighted by molar-refractivity contribution is 0.671. The Morgan fingerprint density at radius 3 is 2.56 bits per heavy atom. The van der Waals surface area contributed by atoms with Gasteiger partial charge in [0, 0.05) is 15.7 Å². The molecule has 1 aliphatic rings. The van der Waals surface area contributed by atoms with Gasteiger partial charge in [-0.2, -0.15) is 0 Å². The summed E-state index contributed by atoms with van der Waals surface area (Å²) >= 11 is 7.78. The van der Waals surface area contributed by atoms with E-state index < -0.39 is 0 Å². The lowest BCUT2D eigenvalue weighted by atomic mass is 10.1. The highest BCUT2D eigenvalue weighted by atomic mass is 35.5. The van der Waals surface area contributed by atoms with Crippen molar-refractivity contribution in [1.82, 2.24) is 0 Å². The highest BCUT2D eigenvalue weighted by molar-refractivity contribution is 7.99. The number of hydrogen-bond donors (Lipinski definition) is 0. The van der Waals surface area contributed by atoms with Crippen molar-refractivity contribution in [2.75, 3.05) is 5.75 Å². The van der Waals surface area contributed by atoms with Gasteiger partial charge in [-0.15, -0.1) is 11.8 Å². The van der Waals surface area contributed by atoms with E-state index in [1.54, 1.807) is 11.1 Å². The van der Waals surface area contributed by atoms with Gasteiger partial charge >= 0.3 is 0 Å². The maximum atomic E-state index is 5.87. The Kier molecular flexibility index (Phi) is 3.99. The van der Waals surface area contributed by atoms with Gasteiger partial charge in [0.25, 0.3) is 0 Å². The van der Waals surface area contributed by atoms with Gasteiger partial charge in [0.05, 0.1) is 0 Å². The van der Waals surface area contributed by atoms with Crippen LogP contribution in [0.3, 0.4) is 0 Å². The first-order chi connectivity index (χ1) is 7.66. The summed E-state index contributed by atoms with van der Waals surface area (Å²) in [6.45, 7) is 4.62. The molecule has 86 valence electrons. The van der Waals surface area contributed by atoms with Crippen LogP contribution in [-0.2, 0) is 0 Å². The van der Waals surface area contributed by atoms with Crippen molar-refractivity contribution in [3.8, 4) is 0 Å². The lowest BCUT2D eigenvalue weighted by Gasteiger charge is -2.09. The fourth-order valence-corrected chi connectivity index (χ4v) is 3.45. The van der Waals surface area contributed by atoms with Crippen LogP contribution in [0.1, 0.15) is 26.7 Å². The number of rotatable bonds is 3. The topological polar surface area (TPSA) is 0 Å². The highest BCUT2D eigenvalue weighted by Gasteiger charge is 2.18. The van der Waals surface area contributed by atoms with Crippen LogP contribution in [0.4, 0.5) is 0 Å². The average Bonchev–Trinajstić information content (AvgIpc) is 2.59. The Labute approximate surface area is 107 Å². The molecule has 0 radical (unpaired) electrons. The standard InChI is InChI=1S/C14H17ClS/c1-10-3-4-11(2)14(10)9-16-13-7-5-12(15)6-8-13/h5-8,10H,3-4,9H2,1-2H3. The van der Waals surface area contributed by atoms with E-state index in [1.165, 1.54) is 17.7 Å². The van der Waals surface area contributed by atoms with Crippen molar-refractivity contribution in [2.24, 2.45) is 5.92 Å². The van der Waals surface area contributed by atoms with Crippen molar-refractivity contribution in [2.45, 2.75) is 31.6 Å². The first kappa shape index (κ1) is 12.1. The predicted molar refractivity (Wildman–Crippen MR) is 73.3 cm³/mol. The predicted octanol–water partition coefficient (Wildman–Crippen LogP) is 5.18.